The maximum Gasteiger partial charge on any atom is 0.326 e. The molecule has 4 nitrogen and oxygen atoms in total. The van der Waals surface area contributed by atoms with Crippen molar-refractivity contribution in [1.82, 2.24) is 0 Å². The maximum atomic E-state index is 13.9. The zero-order valence-electron chi connectivity index (χ0n) is 17.5. The molecule has 0 N–H and O–H groups in total. The van der Waals surface area contributed by atoms with E-state index in [4.69, 9.17) is 4.74 Å². The minimum absolute atomic E-state index is 0.184. The van der Waals surface area contributed by atoms with Crippen molar-refractivity contribution in [2.45, 2.75) is 13.0 Å². The smallest absolute Gasteiger partial charge is 0.326 e. The highest BCUT2D eigenvalue weighted by atomic mass is 16.5. The van der Waals surface area contributed by atoms with Crippen molar-refractivity contribution in [2.24, 2.45) is 5.41 Å². The van der Waals surface area contributed by atoms with Gasteiger partial charge in [0, 0.05) is 17.8 Å². The van der Waals surface area contributed by atoms with Crippen molar-refractivity contribution in [3.8, 4) is 0 Å². The molecule has 1 heterocycles. The van der Waals surface area contributed by atoms with Gasteiger partial charge in [-0.2, -0.15) is 0 Å². The number of fused-ring (bicyclic) bond motifs is 3. The van der Waals surface area contributed by atoms with Gasteiger partial charge in [0.2, 0.25) is 0 Å². The van der Waals surface area contributed by atoms with Gasteiger partial charge in [-0.3, -0.25) is 9.59 Å². The van der Waals surface area contributed by atoms with Crippen LogP contribution in [-0.4, -0.2) is 25.4 Å². The van der Waals surface area contributed by atoms with E-state index >= 15 is 0 Å². The van der Waals surface area contributed by atoms with E-state index in [1.165, 1.54) is 7.11 Å². The van der Waals surface area contributed by atoms with Crippen molar-refractivity contribution >= 4 is 23.5 Å². The number of aryl methyl sites for hydroxylation is 1. The number of esters is 1. The van der Waals surface area contributed by atoms with E-state index in [9.17, 15) is 9.59 Å². The van der Waals surface area contributed by atoms with Crippen LogP contribution in [0.3, 0.4) is 0 Å². The summed E-state index contributed by atoms with van der Waals surface area (Å²) in [6.45, 7) is 2.50. The Kier molecular flexibility index (Phi) is 4.51. The van der Waals surface area contributed by atoms with E-state index in [-0.39, 0.29) is 5.78 Å². The molecule has 0 saturated carbocycles. The van der Waals surface area contributed by atoms with Gasteiger partial charge in [0.25, 0.3) is 0 Å². The number of hydrogen-bond acceptors (Lipinski definition) is 4. The number of para-hydroxylation sites is 1. The van der Waals surface area contributed by atoms with Gasteiger partial charge >= 0.3 is 5.97 Å². The zero-order chi connectivity index (χ0) is 21.6. The Labute approximate surface area is 181 Å². The lowest BCUT2D eigenvalue weighted by Gasteiger charge is -2.30. The van der Waals surface area contributed by atoms with E-state index < -0.39 is 17.4 Å². The lowest BCUT2D eigenvalue weighted by atomic mass is 9.75. The molecule has 1 aliphatic carbocycles. The highest BCUT2D eigenvalue weighted by molar-refractivity contribution is 6.21. The fourth-order valence-corrected chi connectivity index (χ4v) is 5.01. The Bertz CT molecular complexity index is 1200. The molecule has 1 aliphatic heterocycles. The minimum atomic E-state index is -1.39. The molecule has 0 radical (unpaired) electrons. The van der Waals surface area contributed by atoms with Gasteiger partial charge in [-0.1, -0.05) is 78.4 Å². The lowest BCUT2D eigenvalue weighted by Crippen LogP contribution is -2.41. The predicted octanol–water partition coefficient (Wildman–Crippen LogP) is 5.00. The van der Waals surface area contributed by atoms with Gasteiger partial charge in [-0.25, -0.2) is 0 Å². The third-order valence-corrected chi connectivity index (χ3v) is 6.44. The van der Waals surface area contributed by atoms with E-state index in [2.05, 4.69) is 4.90 Å². The summed E-state index contributed by atoms with van der Waals surface area (Å²) in [4.78, 5) is 29.4. The number of methoxy groups -OCH3 is 1. The number of anilines is 1. The molecule has 4 heteroatoms. The quantitative estimate of drug-likeness (QED) is 0.451. The number of carbonyl (C=O) groups is 2. The van der Waals surface area contributed by atoms with E-state index in [1.54, 1.807) is 0 Å². The summed E-state index contributed by atoms with van der Waals surface area (Å²) >= 11 is 0. The first-order valence-electron chi connectivity index (χ1n) is 10.4. The van der Waals surface area contributed by atoms with E-state index in [1.807, 2.05) is 91.9 Å². The third kappa shape index (κ3) is 2.75. The van der Waals surface area contributed by atoms with Crippen LogP contribution in [0.2, 0.25) is 0 Å². The summed E-state index contributed by atoms with van der Waals surface area (Å²) < 4.78 is 5.28. The minimum Gasteiger partial charge on any atom is -0.468 e. The number of hydrogen-bond donors (Lipinski definition) is 0. The Balaban J connectivity index is 1.77. The van der Waals surface area contributed by atoms with Crippen LogP contribution >= 0.6 is 0 Å². The normalized spacial score (nSPS) is 23.0. The summed E-state index contributed by atoms with van der Waals surface area (Å²) in [5.41, 5.74) is 3.92. The van der Waals surface area contributed by atoms with Gasteiger partial charge < -0.3 is 9.64 Å². The summed E-state index contributed by atoms with van der Waals surface area (Å²) in [5, 5.41) is 0. The number of Topliss-reactive ketones (excluding diaryl/α,β-unsaturated/α-hetero) is 1. The van der Waals surface area contributed by atoms with Crippen LogP contribution in [0.4, 0.5) is 5.69 Å². The summed E-state index contributed by atoms with van der Waals surface area (Å²) in [6, 6.07) is 25.1. The predicted molar refractivity (Wildman–Crippen MR) is 121 cm³/mol. The highest BCUT2D eigenvalue weighted by Gasteiger charge is 2.67. The molecule has 2 atom stereocenters. The molecule has 3 aromatic rings. The molecule has 0 aromatic heterocycles. The third-order valence-electron chi connectivity index (χ3n) is 6.44. The van der Waals surface area contributed by atoms with Crippen LogP contribution in [0.25, 0.3) is 6.08 Å². The monoisotopic (exact) mass is 409 g/mol. The number of benzene rings is 3. The van der Waals surface area contributed by atoms with Crippen molar-refractivity contribution in [3.05, 3.63) is 107 Å². The van der Waals surface area contributed by atoms with Crippen LogP contribution in [0.5, 0.6) is 0 Å². The number of ether oxygens (including phenoxy) is 1. The number of ketones is 1. The second-order valence-corrected chi connectivity index (χ2v) is 8.16. The summed E-state index contributed by atoms with van der Waals surface area (Å²) in [5.74, 6) is -0.688. The van der Waals surface area contributed by atoms with E-state index in [0.717, 1.165) is 28.0 Å². The molecule has 0 spiro atoms. The molecule has 1 fully saturated rings. The highest BCUT2D eigenvalue weighted by Crippen LogP contribution is 2.59. The number of carbonyl (C=O) groups excluding carboxylic acids is 2. The fourth-order valence-electron chi connectivity index (χ4n) is 5.01. The first-order valence-corrected chi connectivity index (χ1v) is 10.4. The van der Waals surface area contributed by atoms with Crippen LogP contribution in [0, 0.1) is 12.3 Å². The Morgan fingerprint density at radius 3 is 2.39 bits per heavy atom. The summed E-state index contributed by atoms with van der Waals surface area (Å²) in [7, 11) is 1.36. The van der Waals surface area contributed by atoms with Crippen molar-refractivity contribution in [2.75, 3.05) is 18.6 Å². The number of rotatable bonds is 3. The Morgan fingerprint density at radius 2 is 1.68 bits per heavy atom. The van der Waals surface area contributed by atoms with Gasteiger partial charge in [0.15, 0.2) is 11.2 Å². The molecule has 1 saturated heterocycles. The fraction of sp³-hybridized carbons (Fsp3) is 0.185. The SMILES string of the molecule is COC(=O)[C@@]12C(=O)c3ccccc3[C@@H]1N(c1ccccc1)C/C2=C\c1ccc(C)cc1. The van der Waals surface area contributed by atoms with Gasteiger partial charge in [0.1, 0.15) is 0 Å². The Morgan fingerprint density at radius 1 is 1.00 bits per heavy atom. The molecular weight excluding hydrogens is 386 g/mol. The lowest BCUT2D eigenvalue weighted by molar-refractivity contribution is -0.147. The van der Waals surface area contributed by atoms with Crippen LogP contribution in [0.15, 0.2) is 84.4 Å². The second-order valence-electron chi connectivity index (χ2n) is 8.16. The Hall–Kier alpha value is -3.66. The molecule has 5 rings (SSSR count). The number of nitrogens with zero attached hydrogens (tertiary/aromatic N) is 1. The first kappa shape index (κ1) is 19.3. The molecule has 31 heavy (non-hydrogen) atoms. The maximum absolute atomic E-state index is 13.9. The largest absolute Gasteiger partial charge is 0.468 e. The zero-order valence-corrected chi connectivity index (χ0v) is 17.5. The van der Waals surface area contributed by atoms with Crippen LogP contribution in [-0.2, 0) is 9.53 Å². The molecule has 154 valence electrons. The average molecular weight is 409 g/mol. The van der Waals surface area contributed by atoms with Crippen LogP contribution < -0.4 is 4.90 Å². The van der Waals surface area contributed by atoms with Crippen molar-refractivity contribution in [1.29, 1.82) is 0 Å². The molecule has 0 amide bonds. The van der Waals surface area contributed by atoms with E-state index in [0.29, 0.717) is 12.1 Å². The summed E-state index contributed by atoms with van der Waals surface area (Å²) in [6.07, 6.45) is 1.98. The van der Waals surface area contributed by atoms with Crippen LogP contribution in [0.1, 0.15) is 33.1 Å². The molecular formula is C27H23NO3. The molecule has 3 aromatic carbocycles. The van der Waals surface area contributed by atoms with Gasteiger partial charge in [0.05, 0.1) is 13.2 Å². The molecule has 0 bridgehead atoms. The first-order chi connectivity index (χ1) is 15.1. The topological polar surface area (TPSA) is 46.6 Å². The van der Waals surface area contributed by atoms with Crippen molar-refractivity contribution in [3.63, 3.8) is 0 Å². The van der Waals surface area contributed by atoms with Gasteiger partial charge in [-0.05, 0) is 35.8 Å². The molecule has 0 unspecified atom stereocenters. The molecule has 2 aliphatic rings. The van der Waals surface area contributed by atoms with Gasteiger partial charge in [-0.15, -0.1) is 0 Å². The standard InChI is InChI=1S/C27H23NO3/c1-18-12-14-19(15-13-18)16-20-17-28(21-8-4-3-5-9-21)24-22-10-6-7-11-23(22)25(29)27(20,24)26(30)31-2/h3-16,24H,17H2,1-2H3/b20-16+/t24-,27+/m0/s1. The van der Waals surface area contributed by atoms with Crippen molar-refractivity contribution < 1.29 is 14.3 Å². The average Bonchev–Trinajstić information content (AvgIpc) is 3.28. The second kappa shape index (κ2) is 7.24.